The second-order valence-corrected chi connectivity index (χ2v) is 2.80. The quantitative estimate of drug-likeness (QED) is 0.749. The van der Waals surface area contributed by atoms with Crippen LogP contribution in [0.3, 0.4) is 0 Å². The number of aromatic nitrogens is 1. The fourth-order valence-electron chi connectivity index (χ4n) is 0.797. The zero-order valence-electron chi connectivity index (χ0n) is 6.70. The molecule has 1 rings (SSSR count). The number of rotatable bonds is 2. The highest BCUT2D eigenvalue weighted by Crippen LogP contribution is 2.14. The Morgan fingerprint density at radius 2 is 2.27 bits per heavy atom. The van der Waals surface area contributed by atoms with Gasteiger partial charge in [-0.05, 0) is 5.92 Å². The molecule has 3 nitrogen and oxygen atoms in total. The minimum atomic E-state index is 0. The van der Waals surface area contributed by atoms with Crippen LogP contribution in [0.15, 0.2) is 10.7 Å². The number of hydrogen-bond acceptors (Lipinski definition) is 3. The molecule has 0 aliphatic heterocycles. The Hall–Kier alpha value is -0.700. The Morgan fingerprint density at radius 3 is 2.64 bits per heavy atom. The molecule has 0 aromatic carbocycles. The molecule has 0 radical (unpaired) electrons. The van der Waals surface area contributed by atoms with Crippen molar-refractivity contribution in [3.63, 3.8) is 0 Å². The van der Waals surface area contributed by atoms with Gasteiger partial charge in [-0.15, -0.1) is 12.4 Å². The van der Waals surface area contributed by atoms with Crippen molar-refractivity contribution in [3.05, 3.63) is 12.0 Å². The number of anilines is 1. The molecule has 2 N–H and O–H groups in total. The van der Waals surface area contributed by atoms with Crippen LogP contribution in [-0.4, -0.2) is 5.16 Å². The molecule has 0 atom stereocenters. The molecule has 1 aromatic rings. The van der Waals surface area contributed by atoms with Gasteiger partial charge in [-0.2, -0.15) is 0 Å². The van der Waals surface area contributed by atoms with Gasteiger partial charge in [-0.3, -0.25) is 0 Å². The zero-order chi connectivity index (χ0) is 7.56. The summed E-state index contributed by atoms with van der Waals surface area (Å²) in [6.45, 7) is 4.23. The Bertz CT molecular complexity index is 210. The highest BCUT2D eigenvalue weighted by Gasteiger charge is 2.05. The van der Waals surface area contributed by atoms with Crippen molar-refractivity contribution < 1.29 is 4.52 Å². The van der Waals surface area contributed by atoms with E-state index in [1.807, 2.05) is 0 Å². The minimum Gasteiger partial charge on any atom is -0.395 e. The van der Waals surface area contributed by atoms with Crippen LogP contribution in [0.4, 0.5) is 5.69 Å². The van der Waals surface area contributed by atoms with Gasteiger partial charge in [0.05, 0.1) is 11.9 Å². The summed E-state index contributed by atoms with van der Waals surface area (Å²) < 4.78 is 4.90. The van der Waals surface area contributed by atoms with Crippen LogP contribution >= 0.6 is 12.4 Å². The zero-order valence-corrected chi connectivity index (χ0v) is 7.52. The van der Waals surface area contributed by atoms with Crippen molar-refractivity contribution in [2.24, 2.45) is 5.92 Å². The number of halogens is 1. The first kappa shape index (κ1) is 10.3. The van der Waals surface area contributed by atoms with E-state index in [9.17, 15) is 0 Å². The lowest BCUT2D eigenvalue weighted by molar-refractivity contribution is 0.369. The Labute approximate surface area is 72.3 Å². The lowest BCUT2D eigenvalue weighted by atomic mass is 10.1. The Morgan fingerprint density at radius 1 is 1.64 bits per heavy atom. The third-order valence-corrected chi connectivity index (χ3v) is 1.27. The van der Waals surface area contributed by atoms with Crippen LogP contribution in [0.1, 0.15) is 19.6 Å². The summed E-state index contributed by atoms with van der Waals surface area (Å²) in [5.41, 5.74) is 6.19. The molecule has 1 heterocycles. The highest BCUT2D eigenvalue weighted by atomic mass is 35.5. The van der Waals surface area contributed by atoms with Crippen molar-refractivity contribution in [2.45, 2.75) is 20.3 Å². The predicted octanol–water partition coefficient (Wildman–Crippen LogP) is 1.88. The van der Waals surface area contributed by atoms with Gasteiger partial charge in [0.1, 0.15) is 0 Å². The summed E-state index contributed by atoms with van der Waals surface area (Å²) >= 11 is 0. The Balaban J connectivity index is 0.000001000. The van der Waals surface area contributed by atoms with Crippen LogP contribution < -0.4 is 5.73 Å². The fourth-order valence-corrected chi connectivity index (χ4v) is 0.797. The van der Waals surface area contributed by atoms with Crippen molar-refractivity contribution in [1.82, 2.24) is 5.16 Å². The summed E-state index contributed by atoms with van der Waals surface area (Å²) in [5.74, 6) is 1.37. The van der Waals surface area contributed by atoms with Crippen LogP contribution in [0, 0.1) is 5.92 Å². The normalized spacial score (nSPS) is 9.73. The minimum absolute atomic E-state index is 0. The van der Waals surface area contributed by atoms with E-state index in [1.54, 1.807) is 0 Å². The van der Waals surface area contributed by atoms with Gasteiger partial charge >= 0.3 is 0 Å². The van der Waals surface area contributed by atoms with Crippen molar-refractivity contribution in [1.29, 1.82) is 0 Å². The second-order valence-electron chi connectivity index (χ2n) is 2.80. The first-order valence-corrected chi connectivity index (χ1v) is 3.39. The van der Waals surface area contributed by atoms with Crippen LogP contribution in [-0.2, 0) is 6.42 Å². The van der Waals surface area contributed by atoms with E-state index < -0.39 is 0 Å². The molecule has 1 aromatic heterocycles. The molecular formula is C7H13ClN2O. The second kappa shape index (κ2) is 4.23. The smallest absolute Gasteiger partial charge is 0.159 e. The molecule has 0 bridgehead atoms. The van der Waals surface area contributed by atoms with Gasteiger partial charge in [0, 0.05) is 6.42 Å². The first-order valence-electron chi connectivity index (χ1n) is 3.39. The summed E-state index contributed by atoms with van der Waals surface area (Å²) in [5, 5.41) is 3.57. The molecule has 4 heteroatoms. The number of nitrogens with zero attached hydrogens (tertiary/aromatic N) is 1. The Kier molecular flexibility index (Phi) is 3.97. The summed E-state index contributed by atoms with van der Waals surface area (Å²) in [7, 11) is 0. The monoisotopic (exact) mass is 176 g/mol. The molecule has 0 spiro atoms. The van der Waals surface area contributed by atoms with Crippen molar-refractivity contribution in [3.8, 4) is 0 Å². The van der Waals surface area contributed by atoms with Gasteiger partial charge in [-0.25, -0.2) is 0 Å². The third kappa shape index (κ3) is 2.80. The van der Waals surface area contributed by atoms with Gasteiger partial charge in [0.15, 0.2) is 5.76 Å². The van der Waals surface area contributed by atoms with Gasteiger partial charge in [0.2, 0.25) is 0 Å². The predicted molar refractivity (Wildman–Crippen MR) is 46.7 cm³/mol. The first-order chi connectivity index (χ1) is 4.70. The van der Waals surface area contributed by atoms with Crippen LogP contribution in [0.2, 0.25) is 0 Å². The van der Waals surface area contributed by atoms with E-state index in [4.69, 9.17) is 10.3 Å². The number of hydrogen-bond donors (Lipinski definition) is 1. The average Bonchev–Trinajstić information content (AvgIpc) is 2.15. The number of nitrogen functional groups attached to an aromatic ring is 1. The molecule has 11 heavy (non-hydrogen) atoms. The fraction of sp³-hybridized carbons (Fsp3) is 0.571. The lowest BCUT2D eigenvalue weighted by Crippen LogP contribution is -1.95. The molecule has 0 saturated carbocycles. The molecule has 0 amide bonds. The molecule has 0 fully saturated rings. The standard InChI is InChI=1S/C7H12N2O.ClH/c1-5(2)3-7-6(8)4-9-10-7;/h4-5H,3,8H2,1-2H3;1H. The maximum atomic E-state index is 5.53. The number of nitrogens with two attached hydrogens (primary N) is 1. The largest absolute Gasteiger partial charge is 0.395 e. The third-order valence-electron chi connectivity index (χ3n) is 1.27. The van der Waals surface area contributed by atoms with Gasteiger partial charge < -0.3 is 10.3 Å². The van der Waals surface area contributed by atoms with E-state index in [-0.39, 0.29) is 12.4 Å². The van der Waals surface area contributed by atoms with E-state index in [2.05, 4.69) is 19.0 Å². The lowest BCUT2D eigenvalue weighted by Gasteiger charge is -1.98. The van der Waals surface area contributed by atoms with E-state index in [1.165, 1.54) is 6.20 Å². The molecule has 0 aliphatic rings. The molecule has 0 unspecified atom stereocenters. The SMILES string of the molecule is CC(C)Cc1oncc1N.Cl. The van der Waals surface area contributed by atoms with E-state index in [0.29, 0.717) is 11.6 Å². The molecular weight excluding hydrogens is 164 g/mol. The van der Waals surface area contributed by atoms with Crippen molar-refractivity contribution in [2.75, 3.05) is 5.73 Å². The van der Waals surface area contributed by atoms with Gasteiger partial charge in [0.25, 0.3) is 0 Å². The average molecular weight is 177 g/mol. The van der Waals surface area contributed by atoms with Crippen LogP contribution in [0.25, 0.3) is 0 Å². The van der Waals surface area contributed by atoms with E-state index >= 15 is 0 Å². The van der Waals surface area contributed by atoms with Crippen LogP contribution in [0.5, 0.6) is 0 Å². The van der Waals surface area contributed by atoms with Gasteiger partial charge in [-0.1, -0.05) is 19.0 Å². The summed E-state index contributed by atoms with van der Waals surface area (Å²) in [4.78, 5) is 0. The summed E-state index contributed by atoms with van der Waals surface area (Å²) in [6.07, 6.45) is 2.41. The maximum Gasteiger partial charge on any atom is 0.159 e. The maximum absolute atomic E-state index is 5.53. The van der Waals surface area contributed by atoms with E-state index in [0.717, 1.165) is 12.2 Å². The topological polar surface area (TPSA) is 52.0 Å². The molecule has 0 aliphatic carbocycles. The van der Waals surface area contributed by atoms with Crippen molar-refractivity contribution >= 4 is 18.1 Å². The molecule has 64 valence electrons. The highest BCUT2D eigenvalue weighted by molar-refractivity contribution is 5.85. The summed E-state index contributed by atoms with van der Waals surface area (Å²) in [6, 6.07) is 0. The molecule has 0 saturated heterocycles.